The van der Waals surface area contributed by atoms with Gasteiger partial charge in [-0.15, -0.1) is 11.3 Å². The van der Waals surface area contributed by atoms with E-state index in [4.69, 9.17) is 23.2 Å². The van der Waals surface area contributed by atoms with Crippen LogP contribution >= 0.6 is 46.3 Å². The van der Waals surface area contributed by atoms with Gasteiger partial charge in [0.25, 0.3) is 0 Å². The van der Waals surface area contributed by atoms with Crippen molar-refractivity contribution in [2.24, 2.45) is 0 Å². The van der Waals surface area contributed by atoms with Gasteiger partial charge in [-0.3, -0.25) is 0 Å². The van der Waals surface area contributed by atoms with E-state index < -0.39 is 0 Å². The summed E-state index contributed by atoms with van der Waals surface area (Å²) in [5.74, 6) is 0. The Kier molecular flexibility index (Phi) is 4.23. The Bertz CT molecular complexity index is 751. The number of fused-ring (bicyclic) bond motifs is 1. The zero-order valence-corrected chi connectivity index (χ0v) is 13.8. The van der Waals surface area contributed by atoms with E-state index in [1.165, 1.54) is 4.88 Å². The lowest BCUT2D eigenvalue weighted by Gasteiger charge is -2.03. The summed E-state index contributed by atoms with van der Waals surface area (Å²) in [6.45, 7) is 3.91. The lowest BCUT2D eigenvalue weighted by atomic mass is 10.1. The molecule has 3 rings (SSSR count). The second kappa shape index (κ2) is 5.95. The van der Waals surface area contributed by atoms with Crippen LogP contribution in [-0.2, 0) is 6.54 Å². The smallest absolute Gasteiger partial charge is 0.124 e. The number of thiophene rings is 1. The van der Waals surface area contributed by atoms with Crippen molar-refractivity contribution in [2.75, 3.05) is 6.54 Å². The van der Waals surface area contributed by atoms with E-state index in [0.29, 0.717) is 10.0 Å². The van der Waals surface area contributed by atoms with Crippen LogP contribution in [0.1, 0.15) is 11.8 Å². The molecule has 0 radical (unpaired) electrons. The summed E-state index contributed by atoms with van der Waals surface area (Å²) in [5, 5.41) is 4.48. The molecule has 2 heterocycles. The van der Waals surface area contributed by atoms with Gasteiger partial charge < -0.3 is 5.32 Å². The standard InChI is InChI=1S/C13H11Cl2N3S2/c1-2-16-6-7-3-4-10(19-7)11-8(14)5-9(15)12-13(11)18-20-17-12/h3-5,16H,2,6H2,1H3. The van der Waals surface area contributed by atoms with Gasteiger partial charge >= 0.3 is 0 Å². The third-order valence-electron chi connectivity index (χ3n) is 2.90. The van der Waals surface area contributed by atoms with Gasteiger partial charge in [-0.25, -0.2) is 0 Å². The van der Waals surface area contributed by atoms with Crippen LogP contribution in [-0.4, -0.2) is 15.3 Å². The minimum Gasteiger partial charge on any atom is -0.312 e. The minimum atomic E-state index is 0.548. The van der Waals surface area contributed by atoms with Crippen LogP contribution in [0.25, 0.3) is 21.5 Å². The third kappa shape index (κ3) is 2.56. The maximum absolute atomic E-state index is 6.36. The number of aromatic nitrogens is 2. The second-order valence-corrected chi connectivity index (χ2v) is 6.73. The molecular weight excluding hydrogens is 333 g/mol. The van der Waals surface area contributed by atoms with E-state index in [-0.39, 0.29) is 0 Å². The van der Waals surface area contributed by atoms with Crippen molar-refractivity contribution in [3.8, 4) is 10.4 Å². The van der Waals surface area contributed by atoms with E-state index in [1.54, 1.807) is 17.4 Å². The van der Waals surface area contributed by atoms with E-state index in [9.17, 15) is 0 Å². The summed E-state index contributed by atoms with van der Waals surface area (Å²) in [6, 6.07) is 5.93. The Labute approximate surface area is 134 Å². The van der Waals surface area contributed by atoms with Gasteiger partial charge in [0.15, 0.2) is 0 Å². The molecule has 0 amide bonds. The van der Waals surface area contributed by atoms with Gasteiger partial charge in [-0.05, 0) is 24.7 Å². The average molecular weight is 344 g/mol. The summed E-state index contributed by atoms with van der Waals surface area (Å²) in [7, 11) is 0. The van der Waals surface area contributed by atoms with E-state index >= 15 is 0 Å². The monoisotopic (exact) mass is 343 g/mol. The molecule has 1 N–H and O–H groups in total. The fourth-order valence-electron chi connectivity index (χ4n) is 1.96. The topological polar surface area (TPSA) is 37.8 Å². The maximum Gasteiger partial charge on any atom is 0.124 e. The summed E-state index contributed by atoms with van der Waals surface area (Å²) in [4.78, 5) is 2.36. The lowest BCUT2D eigenvalue weighted by molar-refractivity contribution is 0.735. The molecule has 2 aromatic heterocycles. The molecule has 0 atom stereocenters. The maximum atomic E-state index is 6.36. The Hall–Kier alpha value is -0.720. The van der Waals surface area contributed by atoms with Gasteiger partial charge in [0.1, 0.15) is 11.0 Å². The molecule has 104 valence electrons. The lowest BCUT2D eigenvalue weighted by Crippen LogP contribution is -2.10. The van der Waals surface area contributed by atoms with Gasteiger partial charge in [-0.1, -0.05) is 30.1 Å². The fraction of sp³-hybridized carbons (Fsp3) is 0.231. The molecule has 3 aromatic rings. The summed E-state index contributed by atoms with van der Waals surface area (Å²) in [6.07, 6.45) is 0. The number of benzene rings is 1. The molecule has 0 saturated heterocycles. The molecule has 3 nitrogen and oxygen atoms in total. The molecule has 0 fully saturated rings. The number of rotatable bonds is 4. The summed E-state index contributed by atoms with van der Waals surface area (Å²) >= 11 is 15.4. The molecule has 0 bridgehead atoms. The first-order valence-electron chi connectivity index (χ1n) is 6.10. The highest BCUT2D eigenvalue weighted by molar-refractivity contribution is 7.15. The van der Waals surface area contributed by atoms with E-state index in [0.717, 1.165) is 46.3 Å². The van der Waals surface area contributed by atoms with Crippen LogP contribution in [0.15, 0.2) is 18.2 Å². The van der Waals surface area contributed by atoms with Crippen LogP contribution in [0.5, 0.6) is 0 Å². The molecule has 0 aliphatic rings. The second-order valence-electron chi connectivity index (χ2n) is 4.22. The SMILES string of the molecule is CCNCc1ccc(-c2c(Cl)cc(Cl)c3nsnc23)s1. The van der Waals surface area contributed by atoms with Crippen LogP contribution in [0.4, 0.5) is 0 Å². The molecule has 0 unspecified atom stereocenters. The van der Waals surface area contributed by atoms with Crippen molar-refractivity contribution in [3.63, 3.8) is 0 Å². The fourth-order valence-corrected chi connectivity index (χ4v) is 4.27. The molecule has 20 heavy (non-hydrogen) atoms. The van der Waals surface area contributed by atoms with Gasteiger partial charge in [0.05, 0.1) is 21.8 Å². The zero-order chi connectivity index (χ0) is 14.1. The van der Waals surface area contributed by atoms with Gasteiger partial charge in [-0.2, -0.15) is 8.75 Å². The number of hydrogen-bond acceptors (Lipinski definition) is 5. The number of hydrogen-bond donors (Lipinski definition) is 1. The van der Waals surface area contributed by atoms with E-state index in [2.05, 4.69) is 33.1 Å². The predicted octanol–water partition coefficient (Wildman–Crippen LogP) is 4.84. The number of halogens is 2. The van der Waals surface area contributed by atoms with Gasteiger partial charge in [0, 0.05) is 21.9 Å². The quantitative estimate of drug-likeness (QED) is 0.736. The highest BCUT2D eigenvalue weighted by atomic mass is 35.5. The first-order chi connectivity index (χ1) is 9.70. The summed E-state index contributed by atoms with van der Waals surface area (Å²) in [5.41, 5.74) is 2.43. The highest BCUT2D eigenvalue weighted by Crippen LogP contribution is 2.40. The first-order valence-corrected chi connectivity index (χ1v) is 8.41. The van der Waals surface area contributed by atoms with Crippen LogP contribution in [0, 0.1) is 0 Å². The van der Waals surface area contributed by atoms with Crippen molar-refractivity contribution >= 4 is 57.3 Å². The largest absolute Gasteiger partial charge is 0.312 e. The Morgan fingerprint density at radius 2 is 1.95 bits per heavy atom. The molecule has 0 aliphatic carbocycles. The molecule has 0 aliphatic heterocycles. The zero-order valence-electron chi connectivity index (χ0n) is 10.6. The Morgan fingerprint density at radius 1 is 1.15 bits per heavy atom. The van der Waals surface area contributed by atoms with Crippen LogP contribution in [0.2, 0.25) is 10.0 Å². The third-order valence-corrected chi connectivity index (χ3v) is 5.12. The van der Waals surface area contributed by atoms with Crippen LogP contribution in [0.3, 0.4) is 0 Å². The Balaban J connectivity index is 2.09. The first kappa shape index (κ1) is 14.2. The van der Waals surface area contributed by atoms with Crippen molar-refractivity contribution in [3.05, 3.63) is 33.1 Å². The van der Waals surface area contributed by atoms with Gasteiger partial charge in [0.2, 0.25) is 0 Å². The van der Waals surface area contributed by atoms with Crippen molar-refractivity contribution in [2.45, 2.75) is 13.5 Å². The normalized spacial score (nSPS) is 11.3. The molecule has 0 saturated carbocycles. The molecular formula is C13H11Cl2N3S2. The molecule has 7 heteroatoms. The summed E-state index contributed by atoms with van der Waals surface area (Å²) < 4.78 is 8.57. The number of nitrogens with zero attached hydrogens (tertiary/aromatic N) is 2. The molecule has 1 aromatic carbocycles. The van der Waals surface area contributed by atoms with Crippen molar-refractivity contribution in [1.82, 2.24) is 14.1 Å². The highest BCUT2D eigenvalue weighted by Gasteiger charge is 2.17. The van der Waals surface area contributed by atoms with Crippen LogP contribution < -0.4 is 5.32 Å². The Morgan fingerprint density at radius 3 is 2.75 bits per heavy atom. The van der Waals surface area contributed by atoms with Crippen molar-refractivity contribution in [1.29, 1.82) is 0 Å². The van der Waals surface area contributed by atoms with E-state index in [1.807, 2.05) is 0 Å². The molecule has 0 spiro atoms. The number of nitrogens with one attached hydrogen (secondary N) is 1. The predicted molar refractivity (Wildman–Crippen MR) is 88.1 cm³/mol. The minimum absolute atomic E-state index is 0.548. The van der Waals surface area contributed by atoms with Crippen molar-refractivity contribution < 1.29 is 0 Å². The average Bonchev–Trinajstić information content (AvgIpc) is 3.05.